The molecule has 2 aromatic rings. The molecule has 1 heterocycles. The summed E-state index contributed by atoms with van der Waals surface area (Å²) in [5.74, 6) is 0. The molecule has 114 valence electrons. The molecule has 1 N–H and O–H groups in total. The number of ether oxygens (including phenoxy) is 1. The molecule has 0 aliphatic rings. The van der Waals surface area contributed by atoms with Gasteiger partial charge < -0.3 is 10.1 Å². The Morgan fingerprint density at radius 2 is 1.90 bits per heavy atom. The minimum Gasteiger partial charge on any atom is -0.374 e. The van der Waals surface area contributed by atoms with Gasteiger partial charge in [0.2, 0.25) is 0 Å². The Balaban J connectivity index is 1.96. The first-order valence-corrected chi connectivity index (χ1v) is 7.46. The van der Waals surface area contributed by atoms with Crippen LogP contribution in [0.5, 0.6) is 0 Å². The van der Waals surface area contributed by atoms with Crippen molar-refractivity contribution in [3.8, 4) is 0 Å². The number of benzene rings is 1. The van der Waals surface area contributed by atoms with Gasteiger partial charge in [0, 0.05) is 31.4 Å². The monoisotopic (exact) mass is 287 g/mol. The molecule has 4 nitrogen and oxygen atoms in total. The van der Waals surface area contributed by atoms with E-state index in [9.17, 15) is 0 Å². The highest BCUT2D eigenvalue weighted by Gasteiger charge is 2.09. The lowest BCUT2D eigenvalue weighted by Gasteiger charge is -2.15. The Kier molecular flexibility index (Phi) is 5.53. The van der Waals surface area contributed by atoms with Gasteiger partial charge >= 0.3 is 0 Å². The van der Waals surface area contributed by atoms with Crippen LogP contribution in [0.15, 0.2) is 36.7 Å². The molecule has 0 aliphatic heterocycles. The predicted molar refractivity (Wildman–Crippen MR) is 84.8 cm³/mol. The van der Waals surface area contributed by atoms with Gasteiger partial charge in [0.1, 0.15) is 0 Å². The zero-order valence-corrected chi connectivity index (χ0v) is 13.3. The SMILES string of the molecule is CC(C)OCc1ccccc1CN[C@@H](C)c1cnn(C)c1. The van der Waals surface area contributed by atoms with Gasteiger partial charge in [-0.25, -0.2) is 0 Å². The predicted octanol–water partition coefficient (Wildman–Crippen LogP) is 3.20. The summed E-state index contributed by atoms with van der Waals surface area (Å²) >= 11 is 0. The summed E-state index contributed by atoms with van der Waals surface area (Å²) in [6, 6.07) is 8.70. The largest absolute Gasteiger partial charge is 0.374 e. The van der Waals surface area contributed by atoms with E-state index in [2.05, 4.69) is 55.5 Å². The highest BCUT2D eigenvalue weighted by molar-refractivity contribution is 5.26. The maximum Gasteiger partial charge on any atom is 0.0723 e. The Bertz CT molecular complexity index is 563. The van der Waals surface area contributed by atoms with Crippen LogP contribution in [0.3, 0.4) is 0 Å². The van der Waals surface area contributed by atoms with Crippen LogP contribution in [-0.2, 0) is 24.9 Å². The highest BCUT2D eigenvalue weighted by Crippen LogP contribution is 2.15. The number of nitrogens with one attached hydrogen (secondary N) is 1. The summed E-state index contributed by atoms with van der Waals surface area (Å²) in [6.45, 7) is 7.77. The van der Waals surface area contributed by atoms with Gasteiger partial charge in [-0.05, 0) is 31.9 Å². The maximum absolute atomic E-state index is 5.72. The molecule has 0 unspecified atom stereocenters. The molecule has 0 amide bonds. The number of hydrogen-bond donors (Lipinski definition) is 1. The van der Waals surface area contributed by atoms with Crippen molar-refractivity contribution in [1.29, 1.82) is 0 Å². The molecule has 1 aromatic carbocycles. The second-order valence-electron chi connectivity index (χ2n) is 5.68. The maximum atomic E-state index is 5.72. The number of nitrogens with zero attached hydrogens (tertiary/aromatic N) is 2. The Morgan fingerprint density at radius 3 is 2.52 bits per heavy atom. The van der Waals surface area contributed by atoms with E-state index in [4.69, 9.17) is 4.74 Å². The fourth-order valence-corrected chi connectivity index (χ4v) is 2.17. The summed E-state index contributed by atoms with van der Waals surface area (Å²) in [4.78, 5) is 0. The first-order valence-electron chi connectivity index (χ1n) is 7.46. The molecule has 0 spiro atoms. The summed E-state index contributed by atoms with van der Waals surface area (Å²) in [5.41, 5.74) is 3.74. The van der Waals surface area contributed by atoms with E-state index >= 15 is 0 Å². The average molecular weight is 287 g/mol. The molecule has 1 aromatic heterocycles. The molecule has 0 saturated heterocycles. The molecule has 0 aliphatic carbocycles. The fourth-order valence-electron chi connectivity index (χ4n) is 2.17. The van der Waals surface area contributed by atoms with E-state index in [0.29, 0.717) is 6.61 Å². The molecule has 0 fully saturated rings. The van der Waals surface area contributed by atoms with Crippen molar-refractivity contribution >= 4 is 0 Å². The van der Waals surface area contributed by atoms with Gasteiger partial charge in [-0.2, -0.15) is 5.10 Å². The lowest BCUT2D eigenvalue weighted by molar-refractivity contribution is 0.0652. The van der Waals surface area contributed by atoms with Gasteiger partial charge in [0.15, 0.2) is 0 Å². The van der Waals surface area contributed by atoms with E-state index in [1.54, 1.807) is 0 Å². The quantitative estimate of drug-likeness (QED) is 0.850. The number of rotatable bonds is 7. The van der Waals surface area contributed by atoms with E-state index in [0.717, 1.165) is 6.54 Å². The third-order valence-corrected chi connectivity index (χ3v) is 3.51. The van der Waals surface area contributed by atoms with Crippen LogP contribution < -0.4 is 5.32 Å². The molecular weight excluding hydrogens is 262 g/mol. The summed E-state index contributed by atoms with van der Waals surface area (Å²) in [5, 5.41) is 7.76. The Hall–Kier alpha value is -1.65. The molecule has 0 radical (unpaired) electrons. The second kappa shape index (κ2) is 7.38. The number of aromatic nitrogens is 2. The van der Waals surface area contributed by atoms with E-state index in [1.807, 2.05) is 24.1 Å². The first kappa shape index (κ1) is 15.7. The molecule has 1 atom stereocenters. The molecular formula is C17H25N3O. The van der Waals surface area contributed by atoms with Crippen LogP contribution in [0, 0.1) is 0 Å². The first-order chi connectivity index (χ1) is 10.1. The summed E-state index contributed by atoms with van der Waals surface area (Å²) < 4.78 is 7.55. The molecule has 4 heteroatoms. The Morgan fingerprint density at radius 1 is 1.19 bits per heavy atom. The van der Waals surface area contributed by atoms with Crippen molar-refractivity contribution in [1.82, 2.24) is 15.1 Å². The minimum atomic E-state index is 0.250. The highest BCUT2D eigenvalue weighted by atomic mass is 16.5. The Labute approximate surface area is 127 Å². The standard InChI is InChI=1S/C17H25N3O/c1-13(2)21-12-16-8-6-5-7-15(16)9-18-14(3)17-10-19-20(4)11-17/h5-8,10-11,13-14,18H,9,12H2,1-4H3/t14-/m0/s1. The van der Waals surface area contributed by atoms with E-state index in [-0.39, 0.29) is 12.1 Å². The molecule has 21 heavy (non-hydrogen) atoms. The molecule has 0 bridgehead atoms. The van der Waals surface area contributed by atoms with Crippen LogP contribution in [0.4, 0.5) is 0 Å². The third-order valence-electron chi connectivity index (χ3n) is 3.51. The van der Waals surface area contributed by atoms with E-state index in [1.165, 1.54) is 16.7 Å². The average Bonchev–Trinajstić information content (AvgIpc) is 2.90. The van der Waals surface area contributed by atoms with Crippen molar-refractivity contribution in [2.45, 2.75) is 46.1 Å². The summed E-state index contributed by atoms with van der Waals surface area (Å²) in [7, 11) is 1.94. The zero-order chi connectivity index (χ0) is 15.2. The smallest absolute Gasteiger partial charge is 0.0723 e. The van der Waals surface area contributed by atoms with Gasteiger partial charge in [0.25, 0.3) is 0 Å². The van der Waals surface area contributed by atoms with Gasteiger partial charge in [0.05, 0.1) is 18.9 Å². The lowest BCUT2D eigenvalue weighted by Crippen LogP contribution is -2.19. The summed E-state index contributed by atoms with van der Waals surface area (Å²) in [6.07, 6.45) is 4.21. The minimum absolute atomic E-state index is 0.250. The van der Waals surface area contributed by atoms with Crippen molar-refractivity contribution in [2.24, 2.45) is 7.05 Å². The van der Waals surface area contributed by atoms with Crippen LogP contribution in [-0.4, -0.2) is 15.9 Å². The van der Waals surface area contributed by atoms with Crippen LogP contribution in [0.2, 0.25) is 0 Å². The number of aryl methyl sites for hydroxylation is 1. The fraction of sp³-hybridized carbons (Fsp3) is 0.471. The van der Waals surface area contributed by atoms with E-state index < -0.39 is 0 Å². The number of hydrogen-bond acceptors (Lipinski definition) is 3. The zero-order valence-electron chi connectivity index (χ0n) is 13.3. The van der Waals surface area contributed by atoms with Crippen LogP contribution >= 0.6 is 0 Å². The molecule has 2 rings (SSSR count). The van der Waals surface area contributed by atoms with Crippen molar-refractivity contribution < 1.29 is 4.74 Å². The van der Waals surface area contributed by atoms with Gasteiger partial charge in [-0.15, -0.1) is 0 Å². The second-order valence-corrected chi connectivity index (χ2v) is 5.68. The topological polar surface area (TPSA) is 39.1 Å². The molecule has 0 saturated carbocycles. The van der Waals surface area contributed by atoms with Crippen LogP contribution in [0.1, 0.15) is 43.5 Å². The van der Waals surface area contributed by atoms with Crippen molar-refractivity contribution in [3.63, 3.8) is 0 Å². The van der Waals surface area contributed by atoms with Crippen molar-refractivity contribution in [3.05, 3.63) is 53.3 Å². The van der Waals surface area contributed by atoms with Gasteiger partial charge in [-0.1, -0.05) is 24.3 Å². The van der Waals surface area contributed by atoms with Gasteiger partial charge in [-0.3, -0.25) is 4.68 Å². The third kappa shape index (κ3) is 4.69. The normalized spacial score (nSPS) is 12.8. The lowest BCUT2D eigenvalue weighted by atomic mass is 10.1. The van der Waals surface area contributed by atoms with Crippen molar-refractivity contribution in [2.75, 3.05) is 0 Å². The van der Waals surface area contributed by atoms with Crippen LogP contribution in [0.25, 0.3) is 0 Å².